The summed E-state index contributed by atoms with van der Waals surface area (Å²) >= 11 is 0. The van der Waals surface area contributed by atoms with E-state index in [4.69, 9.17) is 14.2 Å². The molecule has 0 aromatic heterocycles. The molecule has 0 bridgehead atoms. The van der Waals surface area contributed by atoms with Crippen LogP contribution in [-0.4, -0.2) is 95.6 Å². The van der Waals surface area contributed by atoms with Gasteiger partial charge in [0.15, 0.2) is 0 Å². The predicted molar refractivity (Wildman–Crippen MR) is 186 cm³/mol. The first-order chi connectivity index (χ1) is 24.8. The molecule has 3 aliphatic rings. The lowest BCUT2D eigenvalue weighted by atomic mass is 9.82. The number of alkyl carbamates (subject to hydrolysis) is 3. The molecule has 0 heterocycles. The fourth-order valence-electron chi connectivity index (χ4n) is 7.28. The number of carbonyl (C=O) groups excluding carboxylic acids is 6. The quantitative estimate of drug-likeness (QED) is 0.0935. The van der Waals surface area contributed by atoms with Gasteiger partial charge < -0.3 is 30.2 Å². The lowest BCUT2D eigenvalue weighted by molar-refractivity contribution is -0.0181. The molecule has 0 aliphatic heterocycles. The van der Waals surface area contributed by atoms with Gasteiger partial charge in [0.05, 0.1) is 25.0 Å². The van der Waals surface area contributed by atoms with Gasteiger partial charge in [-0.3, -0.25) is 0 Å². The lowest BCUT2D eigenvalue weighted by Gasteiger charge is -2.32. The molecule has 0 aromatic rings. The first-order valence-corrected chi connectivity index (χ1v) is 18.6. The fourth-order valence-corrected chi connectivity index (χ4v) is 7.28. The van der Waals surface area contributed by atoms with E-state index in [9.17, 15) is 28.8 Å². The Kier molecular flexibility index (Phi) is 19.0. The standard InChI is InChI=1S/C36H56N6O9/c1-2-36(21-49-33(46)40-18-30-9-3-27(4-10-30)15-37-24-43,22-50-34(47)41-19-31-11-5-28(6-12-31)16-38-25-44)23-51-35(48)42-20-32-13-7-29(8-14-32)17-39-26-45/h27-32H,2-23H2,1H3,(H,40,46)(H,41,47)(H,42,48). The van der Waals surface area contributed by atoms with E-state index in [1.807, 2.05) is 6.92 Å². The summed E-state index contributed by atoms with van der Waals surface area (Å²) in [5.74, 6) is 1.98. The molecule has 0 atom stereocenters. The molecular formula is C36H56N6O9. The van der Waals surface area contributed by atoms with Crippen LogP contribution in [0, 0.1) is 40.9 Å². The van der Waals surface area contributed by atoms with Gasteiger partial charge in [-0.15, -0.1) is 0 Å². The monoisotopic (exact) mass is 716 g/mol. The number of ether oxygens (including phenoxy) is 3. The van der Waals surface area contributed by atoms with Crippen molar-refractivity contribution in [1.82, 2.24) is 16.0 Å². The van der Waals surface area contributed by atoms with Crippen molar-refractivity contribution in [2.24, 2.45) is 55.9 Å². The Morgan fingerprint density at radius 2 is 0.765 bits per heavy atom. The normalized spacial score (nSPS) is 25.6. The molecule has 0 aromatic carbocycles. The topological polar surface area (TPSA) is 203 Å². The number of hydrogen-bond donors (Lipinski definition) is 3. The van der Waals surface area contributed by atoms with Crippen molar-refractivity contribution in [2.75, 3.05) is 59.1 Å². The molecule has 3 amide bonds. The summed E-state index contributed by atoms with van der Waals surface area (Å²) in [6, 6.07) is 0. The number of amides is 3. The van der Waals surface area contributed by atoms with Crippen molar-refractivity contribution in [3.63, 3.8) is 0 Å². The maximum Gasteiger partial charge on any atom is 0.407 e. The fraction of sp³-hybridized carbons (Fsp3) is 0.833. The summed E-state index contributed by atoms with van der Waals surface area (Å²) in [5.41, 5.74) is -0.975. The third kappa shape index (κ3) is 16.2. The van der Waals surface area contributed by atoms with Gasteiger partial charge in [-0.25, -0.2) is 43.7 Å². The number of hydrogen-bond acceptors (Lipinski definition) is 12. The third-order valence-electron chi connectivity index (χ3n) is 11.0. The number of nitrogens with one attached hydrogen (secondary N) is 3. The Hall–Kier alpha value is -4.05. The Morgan fingerprint density at radius 1 is 0.510 bits per heavy atom. The minimum absolute atomic E-state index is 0.132. The minimum atomic E-state index is -0.975. The van der Waals surface area contributed by atoms with Crippen LogP contribution in [0.25, 0.3) is 0 Å². The molecule has 0 spiro atoms. The van der Waals surface area contributed by atoms with Gasteiger partial charge in [0, 0.05) is 19.6 Å². The zero-order chi connectivity index (χ0) is 36.7. The zero-order valence-corrected chi connectivity index (χ0v) is 30.0. The van der Waals surface area contributed by atoms with Crippen LogP contribution in [0.5, 0.6) is 0 Å². The second-order valence-corrected chi connectivity index (χ2v) is 14.7. The highest BCUT2D eigenvalue weighted by Crippen LogP contribution is 2.31. The van der Waals surface area contributed by atoms with E-state index in [2.05, 4.69) is 30.9 Å². The summed E-state index contributed by atoms with van der Waals surface area (Å²) in [6.45, 7) is 4.31. The van der Waals surface area contributed by atoms with Crippen LogP contribution in [0.1, 0.15) is 90.4 Å². The molecular weight excluding hydrogens is 660 g/mol. The SMILES string of the molecule is CCC(COC(=O)NCC1CCC(CN=C=O)CC1)(COC(=O)NCC1CCC(CN=C=O)CC1)COC(=O)NCC1CCC(CN=C=O)CC1. The van der Waals surface area contributed by atoms with Gasteiger partial charge in [0.2, 0.25) is 18.2 Å². The maximum absolute atomic E-state index is 12.8. The van der Waals surface area contributed by atoms with Gasteiger partial charge in [-0.1, -0.05) is 6.92 Å². The van der Waals surface area contributed by atoms with E-state index < -0.39 is 23.7 Å². The summed E-state index contributed by atoms with van der Waals surface area (Å²) in [4.78, 5) is 80.6. The minimum Gasteiger partial charge on any atom is -0.449 e. The number of carbonyl (C=O) groups is 3. The molecule has 51 heavy (non-hydrogen) atoms. The largest absolute Gasteiger partial charge is 0.449 e. The highest BCUT2D eigenvalue weighted by Gasteiger charge is 2.35. The highest BCUT2D eigenvalue weighted by molar-refractivity contribution is 5.68. The van der Waals surface area contributed by atoms with Crippen LogP contribution in [0.4, 0.5) is 14.4 Å². The molecule has 0 radical (unpaired) electrons. The van der Waals surface area contributed by atoms with E-state index >= 15 is 0 Å². The third-order valence-corrected chi connectivity index (χ3v) is 11.0. The van der Waals surface area contributed by atoms with Crippen LogP contribution < -0.4 is 16.0 Å². The van der Waals surface area contributed by atoms with Crippen molar-refractivity contribution >= 4 is 36.5 Å². The molecule has 3 N–H and O–H groups in total. The van der Waals surface area contributed by atoms with Crippen molar-refractivity contribution < 1.29 is 43.0 Å². The number of isocyanates is 3. The Labute approximate surface area is 300 Å². The summed E-state index contributed by atoms with van der Waals surface area (Å²) in [7, 11) is 0. The molecule has 15 heteroatoms. The molecule has 3 fully saturated rings. The van der Waals surface area contributed by atoms with E-state index in [-0.39, 0.29) is 19.8 Å². The van der Waals surface area contributed by atoms with Crippen LogP contribution in [-0.2, 0) is 28.6 Å². The first-order valence-electron chi connectivity index (χ1n) is 18.6. The van der Waals surface area contributed by atoms with Crippen molar-refractivity contribution in [3.8, 4) is 0 Å². The average Bonchev–Trinajstić information content (AvgIpc) is 3.17. The molecule has 0 unspecified atom stereocenters. The van der Waals surface area contributed by atoms with Crippen molar-refractivity contribution in [1.29, 1.82) is 0 Å². The van der Waals surface area contributed by atoms with Crippen LogP contribution >= 0.6 is 0 Å². The smallest absolute Gasteiger partial charge is 0.407 e. The van der Waals surface area contributed by atoms with Crippen molar-refractivity contribution in [2.45, 2.75) is 90.4 Å². The van der Waals surface area contributed by atoms with Gasteiger partial charge in [0.1, 0.15) is 19.8 Å². The van der Waals surface area contributed by atoms with Gasteiger partial charge in [0.25, 0.3) is 0 Å². The molecule has 15 nitrogen and oxygen atoms in total. The summed E-state index contributed by atoms with van der Waals surface area (Å²) in [6.07, 6.45) is 14.4. The second kappa shape index (κ2) is 23.4. The Bertz CT molecular complexity index is 1080. The van der Waals surface area contributed by atoms with Gasteiger partial charge >= 0.3 is 18.3 Å². The Morgan fingerprint density at radius 3 is 1.00 bits per heavy atom. The number of nitrogens with zero attached hydrogens (tertiary/aromatic N) is 3. The Balaban J connectivity index is 1.47. The number of rotatable bonds is 19. The van der Waals surface area contributed by atoms with Crippen molar-refractivity contribution in [3.05, 3.63) is 0 Å². The van der Waals surface area contributed by atoms with Crippen LogP contribution in [0.3, 0.4) is 0 Å². The lowest BCUT2D eigenvalue weighted by Crippen LogP contribution is -2.43. The zero-order valence-electron chi connectivity index (χ0n) is 30.0. The van der Waals surface area contributed by atoms with E-state index in [0.717, 1.165) is 77.0 Å². The molecule has 284 valence electrons. The summed E-state index contributed by atoms with van der Waals surface area (Å²) < 4.78 is 16.9. The van der Waals surface area contributed by atoms with E-state index in [1.54, 1.807) is 18.2 Å². The van der Waals surface area contributed by atoms with E-state index in [0.29, 0.717) is 81.2 Å². The summed E-state index contributed by atoms with van der Waals surface area (Å²) in [5, 5.41) is 8.53. The molecule has 3 rings (SSSR count). The van der Waals surface area contributed by atoms with E-state index in [1.165, 1.54) is 0 Å². The van der Waals surface area contributed by atoms with Gasteiger partial charge in [-0.05, 0) is 119 Å². The predicted octanol–water partition coefficient (Wildman–Crippen LogP) is 4.99. The maximum atomic E-state index is 12.8. The molecule has 3 saturated carbocycles. The second-order valence-electron chi connectivity index (χ2n) is 14.7. The number of aliphatic imine (C=N–C) groups is 3. The van der Waals surface area contributed by atoms with Crippen LogP contribution in [0.2, 0.25) is 0 Å². The average molecular weight is 717 g/mol. The first kappa shape index (κ1) is 41.4. The van der Waals surface area contributed by atoms with Crippen LogP contribution in [0.15, 0.2) is 15.0 Å². The molecule has 0 saturated heterocycles. The van der Waals surface area contributed by atoms with Gasteiger partial charge in [-0.2, -0.15) is 0 Å². The highest BCUT2D eigenvalue weighted by atomic mass is 16.6. The molecule has 3 aliphatic carbocycles.